The van der Waals surface area contributed by atoms with Gasteiger partial charge in [-0.3, -0.25) is 4.79 Å². The smallest absolute Gasteiger partial charge is 0.244 e. The first-order chi connectivity index (χ1) is 13.1. The van der Waals surface area contributed by atoms with E-state index in [4.69, 9.17) is 4.74 Å². The molecule has 0 unspecified atom stereocenters. The molecule has 0 radical (unpaired) electrons. The molecule has 2 rings (SSSR count). The van der Waals surface area contributed by atoms with E-state index in [2.05, 4.69) is 71.1 Å². The lowest BCUT2D eigenvalue weighted by molar-refractivity contribution is -0.116. The average Bonchev–Trinajstić information content (AvgIpc) is 2.63. The van der Waals surface area contributed by atoms with Gasteiger partial charge in [-0.1, -0.05) is 77.9 Å². The predicted molar refractivity (Wildman–Crippen MR) is 118 cm³/mol. The molecule has 2 aromatic rings. The van der Waals surface area contributed by atoms with Crippen LogP contribution < -0.4 is 10.1 Å². The summed E-state index contributed by atoms with van der Waals surface area (Å²) in [5, 5.41) is 2.84. The fourth-order valence-electron chi connectivity index (χ4n) is 2.72. The van der Waals surface area contributed by atoms with Crippen molar-refractivity contribution in [3.63, 3.8) is 0 Å². The van der Waals surface area contributed by atoms with E-state index in [-0.39, 0.29) is 16.7 Å². The maximum absolute atomic E-state index is 12.0. The SMILES string of the molecule is CC(C)(C)c1ccc(/C=C/C(=O)NCCOc2ccc(C(C)(C)C)cc2)cc1. The summed E-state index contributed by atoms with van der Waals surface area (Å²) in [4.78, 5) is 12.0. The molecule has 0 atom stereocenters. The summed E-state index contributed by atoms with van der Waals surface area (Å²) in [6.07, 6.45) is 3.39. The van der Waals surface area contributed by atoms with E-state index < -0.39 is 0 Å². The molecule has 0 spiro atoms. The molecule has 3 nitrogen and oxygen atoms in total. The van der Waals surface area contributed by atoms with Crippen LogP contribution >= 0.6 is 0 Å². The van der Waals surface area contributed by atoms with Gasteiger partial charge in [0.1, 0.15) is 12.4 Å². The zero-order valence-electron chi connectivity index (χ0n) is 18.0. The zero-order valence-corrected chi connectivity index (χ0v) is 18.0. The number of carbonyl (C=O) groups excluding carboxylic acids is 1. The number of nitrogens with one attached hydrogen (secondary N) is 1. The van der Waals surface area contributed by atoms with Gasteiger partial charge >= 0.3 is 0 Å². The third-order valence-electron chi connectivity index (χ3n) is 4.59. The van der Waals surface area contributed by atoms with E-state index in [0.717, 1.165) is 11.3 Å². The maximum atomic E-state index is 12.0. The second-order valence-electron chi connectivity index (χ2n) is 9.12. The van der Waals surface area contributed by atoms with Gasteiger partial charge < -0.3 is 10.1 Å². The Morgan fingerprint density at radius 1 is 0.857 bits per heavy atom. The highest BCUT2D eigenvalue weighted by Gasteiger charge is 2.13. The Hall–Kier alpha value is -2.55. The van der Waals surface area contributed by atoms with E-state index in [9.17, 15) is 4.79 Å². The third-order valence-corrected chi connectivity index (χ3v) is 4.59. The highest BCUT2D eigenvalue weighted by Crippen LogP contribution is 2.24. The van der Waals surface area contributed by atoms with Crippen LogP contribution in [0.15, 0.2) is 54.6 Å². The summed E-state index contributed by atoms with van der Waals surface area (Å²) < 4.78 is 5.69. The number of rotatable bonds is 6. The molecule has 0 saturated heterocycles. The minimum atomic E-state index is -0.119. The Kier molecular flexibility index (Phi) is 7.06. The molecule has 0 aliphatic rings. The molecule has 1 N–H and O–H groups in total. The molecule has 0 saturated carbocycles. The van der Waals surface area contributed by atoms with E-state index in [0.29, 0.717) is 13.2 Å². The molecular formula is C25H33NO2. The topological polar surface area (TPSA) is 38.3 Å². The number of hydrogen-bond donors (Lipinski definition) is 1. The predicted octanol–water partition coefficient (Wildman–Crippen LogP) is 5.49. The first-order valence-corrected chi connectivity index (χ1v) is 9.85. The van der Waals surface area contributed by atoms with Crippen molar-refractivity contribution in [3.8, 4) is 5.75 Å². The van der Waals surface area contributed by atoms with Gasteiger partial charge in [-0.2, -0.15) is 0 Å². The van der Waals surface area contributed by atoms with Crippen LogP contribution in [0.4, 0.5) is 0 Å². The largest absolute Gasteiger partial charge is 0.492 e. The minimum absolute atomic E-state index is 0.119. The van der Waals surface area contributed by atoms with Crippen molar-refractivity contribution in [1.29, 1.82) is 0 Å². The molecule has 0 heterocycles. The molecule has 3 heteroatoms. The first-order valence-electron chi connectivity index (χ1n) is 9.85. The molecule has 0 aliphatic carbocycles. The fraction of sp³-hybridized carbons (Fsp3) is 0.400. The van der Waals surface area contributed by atoms with Crippen LogP contribution in [0.2, 0.25) is 0 Å². The summed E-state index contributed by atoms with van der Waals surface area (Å²) in [6.45, 7) is 14.0. The molecule has 150 valence electrons. The fourth-order valence-corrected chi connectivity index (χ4v) is 2.72. The van der Waals surface area contributed by atoms with Crippen molar-refractivity contribution in [2.24, 2.45) is 0 Å². The Labute approximate surface area is 169 Å². The second-order valence-corrected chi connectivity index (χ2v) is 9.12. The van der Waals surface area contributed by atoms with Gasteiger partial charge in [-0.15, -0.1) is 0 Å². The molecule has 1 amide bonds. The monoisotopic (exact) mass is 379 g/mol. The number of ether oxygens (including phenoxy) is 1. The lowest BCUT2D eigenvalue weighted by atomic mass is 9.87. The van der Waals surface area contributed by atoms with Crippen LogP contribution in [0, 0.1) is 0 Å². The standard InChI is InChI=1S/C25H33NO2/c1-24(2,3)20-10-7-19(8-11-20)9-16-23(27)26-17-18-28-22-14-12-21(13-15-22)25(4,5)6/h7-16H,17-18H2,1-6H3,(H,26,27)/b16-9+. The number of amides is 1. The van der Waals surface area contributed by atoms with E-state index in [1.807, 2.05) is 30.3 Å². The first kappa shape index (κ1) is 21.7. The van der Waals surface area contributed by atoms with E-state index >= 15 is 0 Å². The van der Waals surface area contributed by atoms with Crippen molar-refractivity contribution in [2.75, 3.05) is 13.2 Å². The van der Waals surface area contributed by atoms with Gasteiger partial charge in [0.15, 0.2) is 0 Å². The van der Waals surface area contributed by atoms with E-state index in [1.54, 1.807) is 6.08 Å². The highest BCUT2D eigenvalue weighted by molar-refractivity contribution is 5.91. The lowest BCUT2D eigenvalue weighted by Crippen LogP contribution is -2.26. The number of benzene rings is 2. The maximum Gasteiger partial charge on any atom is 0.244 e. The Balaban J connectivity index is 1.74. The average molecular weight is 380 g/mol. The van der Waals surface area contributed by atoms with Gasteiger partial charge in [0.25, 0.3) is 0 Å². The van der Waals surface area contributed by atoms with Crippen molar-refractivity contribution >= 4 is 12.0 Å². The van der Waals surface area contributed by atoms with Crippen molar-refractivity contribution in [3.05, 3.63) is 71.3 Å². The zero-order chi connectivity index (χ0) is 20.8. The molecule has 0 bridgehead atoms. The summed E-state index contributed by atoms with van der Waals surface area (Å²) in [6, 6.07) is 16.4. The Bertz CT molecular complexity index is 788. The van der Waals surface area contributed by atoms with Crippen LogP contribution in [0.5, 0.6) is 5.75 Å². The lowest BCUT2D eigenvalue weighted by Gasteiger charge is -2.19. The molecular weight excluding hydrogens is 346 g/mol. The van der Waals surface area contributed by atoms with Gasteiger partial charge in [0.05, 0.1) is 6.54 Å². The Morgan fingerprint density at radius 2 is 1.36 bits per heavy atom. The van der Waals surface area contributed by atoms with Crippen molar-refractivity contribution in [1.82, 2.24) is 5.32 Å². The molecule has 2 aromatic carbocycles. The second kappa shape index (κ2) is 9.09. The van der Waals surface area contributed by atoms with Crippen LogP contribution in [0.1, 0.15) is 58.2 Å². The number of carbonyl (C=O) groups is 1. The molecule has 0 aromatic heterocycles. The van der Waals surface area contributed by atoms with Crippen LogP contribution in [0.25, 0.3) is 6.08 Å². The Morgan fingerprint density at radius 3 is 1.86 bits per heavy atom. The normalized spacial score (nSPS) is 12.2. The van der Waals surface area contributed by atoms with Crippen molar-refractivity contribution in [2.45, 2.75) is 52.4 Å². The quantitative estimate of drug-likeness (QED) is 0.532. The summed E-state index contributed by atoms with van der Waals surface area (Å²) in [7, 11) is 0. The summed E-state index contributed by atoms with van der Waals surface area (Å²) in [5.74, 6) is 0.698. The molecule has 0 aliphatic heterocycles. The van der Waals surface area contributed by atoms with Crippen LogP contribution in [-0.2, 0) is 15.6 Å². The summed E-state index contributed by atoms with van der Waals surface area (Å²) in [5.41, 5.74) is 3.83. The van der Waals surface area contributed by atoms with Crippen molar-refractivity contribution < 1.29 is 9.53 Å². The summed E-state index contributed by atoms with van der Waals surface area (Å²) >= 11 is 0. The molecule has 0 fully saturated rings. The number of hydrogen-bond acceptors (Lipinski definition) is 2. The van der Waals surface area contributed by atoms with Gasteiger partial charge in [-0.25, -0.2) is 0 Å². The van der Waals surface area contributed by atoms with Crippen LogP contribution in [-0.4, -0.2) is 19.1 Å². The molecule has 28 heavy (non-hydrogen) atoms. The minimum Gasteiger partial charge on any atom is -0.492 e. The van der Waals surface area contributed by atoms with Gasteiger partial charge in [0.2, 0.25) is 5.91 Å². The van der Waals surface area contributed by atoms with E-state index in [1.165, 1.54) is 11.1 Å². The van der Waals surface area contributed by atoms with Gasteiger partial charge in [-0.05, 0) is 45.7 Å². The highest BCUT2D eigenvalue weighted by atomic mass is 16.5. The van der Waals surface area contributed by atoms with Gasteiger partial charge in [0, 0.05) is 6.08 Å². The third kappa shape index (κ3) is 6.88. The van der Waals surface area contributed by atoms with Crippen LogP contribution in [0.3, 0.4) is 0 Å².